The Morgan fingerprint density at radius 2 is 2.00 bits per heavy atom. The first-order chi connectivity index (χ1) is 11.7. The summed E-state index contributed by atoms with van der Waals surface area (Å²) < 4.78 is 5.21. The molecule has 0 radical (unpaired) electrons. The minimum absolute atomic E-state index is 0.0732. The van der Waals surface area contributed by atoms with E-state index < -0.39 is 0 Å². The number of hydrogen-bond donors (Lipinski definition) is 0. The Balaban J connectivity index is 1.51. The molecule has 2 aromatic carbocycles. The van der Waals surface area contributed by atoms with Gasteiger partial charge in [-0.1, -0.05) is 51.4 Å². The van der Waals surface area contributed by atoms with Crippen molar-refractivity contribution in [2.75, 3.05) is 0 Å². The van der Waals surface area contributed by atoms with Crippen LogP contribution in [0.15, 0.2) is 47.0 Å². The molecule has 120 valence electrons. The average Bonchev–Trinajstić information content (AvgIpc) is 3.20. The molecule has 24 heavy (non-hydrogen) atoms. The second kappa shape index (κ2) is 5.93. The molecule has 0 unspecified atom stereocenters. The van der Waals surface area contributed by atoms with Crippen molar-refractivity contribution in [3.8, 4) is 11.4 Å². The maximum Gasteiger partial charge on any atom is 0.267 e. The van der Waals surface area contributed by atoms with Crippen molar-refractivity contribution in [1.29, 1.82) is 0 Å². The van der Waals surface area contributed by atoms with Crippen LogP contribution in [0.25, 0.3) is 22.4 Å². The molecule has 0 fully saturated rings. The van der Waals surface area contributed by atoms with Crippen LogP contribution in [0.2, 0.25) is 5.02 Å². The third-order valence-corrected chi connectivity index (χ3v) is 3.70. The highest BCUT2D eigenvalue weighted by Gasteiger charge is 2.11. The van der Waals surface area contributed by atoms with Crippen LogP contribution < -0.4 is 4.84 Å². The van der Waals surface area contributed by atoms with Gasteiger partial charge in [-0.2, -0.15) is 4.98 Å². The summed E-state index contributed by atoms with van der Waals surface area (Å²) in [6.07, 6.45) is 0. The van der Waals surface area contributed by atoms with E-state index >= 15 is 0 Å². The summed E-state index contributed by atoms with van der Waals surface area (Å²) in [6, 6.07) is 13.1. The van der Waals surface area contributed by atoms with Gasteiger partial charge in [-0.05, 0) is 30.3 Å². The molecule has 4 rings (SSSR count). The molecule has 7 nitrogen and oxygen atoms in total. The van der Waals surface area contributed by atoms with Crippen molar-refractivity contribution in [3.05, 3.63) is 58.9 Å². The Bertz CT molecular complexity index is 993. The molecule has 0 aliphatic heterocycles. The summed E-state index contributed by atoms with van der Waals surface area (Å²) >= 11 is 5.98. The molecule has 4 aromatic rings. The molecule has 0 aliphatic carbocycles. The summed E-state index contributed by atoms with van der Waals surface area (Å²) in [7, 11) is 0. The van der Waals surface area contributed by atoms with Gasteiger partial charge in [0.15, 0.2) is 6.61 Å². The number of aromatic nitrogens is 5. The van der Waals surface area contributed by atoms with Gasteiger partial charge >= 0.3 is 0 Å². The summed E-state index contributed by atoms with van der Waals surface area (Å²) in [5.41, 5.74) is 3.40. The monoisotopic (exact) mass is 341 g/mol. The Kier molecular flexibility index (Phi) is 3.62. The molecular formula is C16H12ClN5O2. The van der Waals surface area contributed by atoms with Gasteiger partial charge in [0.2, 0.25) is 5.82 Å². The van der Waals surface area contributed by atoms with Crippen LogP contribution in [-0.4, -0.2) is 25.3 Å². The normalized spacial score (nSPS) is 11.1. The van der Waals surface area contributed by atoms with E-state index in [1.807, 2.05) is 31.2 Å². The topological polar surface area (TPSA) is 78.9 Å². The van der Waals surface area contributed by atoms with Crippen LogP contribution in [0.4, 0.5) is 0 Å². The summed E-state index contributed by atoms with van der Waals surface area (Å²) in [4.78, 5) is 11.2. The van der Waals surface area contributed by atoms with Crippen molar-refractivity contribution in [2.24, 2.45) is 0 Å². The standard InChI is InChI=1S/C16H12ClN5O2/c1-10-2-4-11(5-3-10)16-18-15(24-20-16)9-23-22-14-8-12(17)6-7-13(14)19-21-22/h2-8H,9H2,1H3. The van der Waals surface area contributed by atoms with Crippen molar-refractivity contribution in [1.82, 2.24) is 25.3 Å². The van der Waals surface area contributed by atoms with Crippen molar-refractivity contribution < 1.29 is 9.36 Å². The zero-order valence-electron chi connectivity index (χ0n) is 12.7. The third-order valence-electron chi connectivity index (χ3n) is 3.47. The molecule has 2 aromatic heterocycles. The van der Waals surface area contributed by atoms with Gasteiger partial charge in [0.1, 0.15) is 11.0 Å². The Morgan fingerprint density at radius 1 is 1.17 bits per heavy atom. The van der Waals surface area contributed by atoms with E-state index in [1.54, 1.807) is 18.2 Å². The van der Waals surface area contributed by atoms with Gasteiger partial charge in [-0.25, -0.2) is 0 Å². The van der Waals surface area contributed by atoms with E-state index in [1.165, 1.54) is 10.4 Å². The second-order valence-electron chi connectivity index (χ2n) is 5.25. The summed E-state index contributed by atoms with van der Waals surface area (Å²) in [6.45, 7) is 2.10. The van der Waals surface area contributed by atoms with Crippen LogP contribution in [-0.2, 0) is 6.61 Å². The van der Waals surface area contributed by atoms with Gasteiger partial charge in [0.05, 0.1) is 0 Å². The van der Waals surface area contributed by atoms with Gasteiger partial charge in [-0.3, -0.25) is 0 Å². The number of nitrogens with zero attached hydrogens (tertiary/aromatic N) is 5. The molecule has 0 spiro atoms. The fourth-order valence-electron chi connectivity index (χ4n) is 2.22. The van der Waals surface area contributed by atoms with Gasteiger partial charge in [0, 0.05) is 10.6 Å². The van der Waals surface area contributed by atoms with E-state index in [0.29, 0.717) is 27.8 Å². The maximum absolute atomic E-state index is 5.98. The lowest BCUT2D eigenvalue weighted by atomic mass is 10.1. The molecule has 8 heteroatoms. The summed E-state index contributed by atoms with van der Waals surface area (Å²) in [5, 5.41) is 12.5. The maximum atomic E-state index is 5.98. The zero-order chi connectivity index (χ0) is 16.5. The molecule has 0 N–H and O–H groups in total. The van der Waals surface area contributed by atoms with Crippen LogP contribution in [0.1, 0.15) is 11.5 Å². The van der Waals surface area contributed by atoms with E-state index in [9.17, 15) is 0 Å². The Labute approximate surface area is 141 Å². The lowest BCUT2D eigenvalue weighted by Gasteiger charge is -2.01. The predicted molar refractivity (Wildman–Crippen MR) is 87.3 cm³/mol. The van der Waals surface area contributed by atoms with E-state index in [-0.39, 0.29) is 6.61 Å². The van der Waals surface area contributed by atoms with Gasteiger partial charge in [-0.15, -0.1) is 5.10 Å². The first kappa shape index (κ1) is 14.6. The number of aryl methyl sites for hydroxylation is 1. The number of hydrogen-bond acceptors (Lipinski definition) is 6. The van der Waals surface area contributed by atoms with Crippen LogP contribution in [0.5, 0.6) is 0 Å². The number of benzene rings is 2. The second-order valence-corrected chi connectivity index (χ2v) is 5.68. The highest BCUT2D eigenvalue weighted by molar-refractivity contribution is 6.31. The number of rotatable bonds is 4. The van der Waals surface area contributed by atoms with E-state index in [0.717, 1.165) is 5.56 Å². The number of halogens is 1. The minimum atomic E-state index is 0.0732. The molecule has 0 saturated carbocycles. The largest absolute Gasteiger partial charge is 0.385 e. The fraction of sp³-hybridized carbons (Fsp3) is 0.125. The van der Waals surface area contributed by atoms with Crippen LogP contribution in [0.3, 0.4) is 0 Å². The van der Waals surface area contributed by atoms with E-state index in [4.69, 9.17) is 21.0 Å². The molecule has 0 saturated heterocycles. The Hall–Kier alpha value is -2.93. The molecule has 0 amide bonds. The lowest BCUT2D eigenvalue weighted by molar-refractivity contribution is 0.0583. The van der Waals surface area contributed by atoms with Crippen molar-refractivity contribution >= 4 is 22.6 Å². The molecule has 2 heterocycles. The fourth-order valence-corrected chi connectivity index (χ4v) is 2.38. The van der Waals surface area contributed by atoms with E-state index in [2.05, 4.69) is 20.5 Å². The first-order valence-corrected chi connectivity index (χ1v) is 7.61. The molecular weight excluding hydrogens is 330 g/mol. The van der Waals surface area contributed by atoms with Crippen LogP contribution >= 0.6 is 11.6 Å². The average molecular weight is 342 g/mol. The first-order valence-electron chi connectivity index (χ1n) is 7.23. The van der Waals surface area contributed by atoms with Gasteiger partial charge in [0.25, 0.3) is 5.89 Å². The highest BCUT2D eigenvalue weighted by atomic mass is 35.5. The Morgan fingerprint density at radius 3 is 2.83 bits per heavy atom. The van der Waals surface area contributed by atoms with Gasteiger partial charge < -0.3 is 9.36 Å². The summed E-state index contributed by atoms with van der Waals surface area (Å²) in [5.74, 6) is 0.858. The SMILES string of the molecule is Cc1ccc(-c2noc(COn3nnc4ccc(Cl)cc43)n2)cc1. The minimum Gasteiger partial charge on any atom is -0.385 e. The quantitative estimate of drug-likeness (QED) is 0.567. The van der Waals surface area contributed by atoms with Crippen LogP contribution in [0, 0.1) is 6.92 Å². The highest BCUT2D eigenvalue weighted by Crippen LogP contribution is 2.18. The third kappa shape index (κ3) is 2.81. The van der Waals surface area contributed by atoms with Crippen molar-refractivity contribution in [2.45, 2.75) is 13.5 Å². The number of fused-ring (bicyclic) bond motifs is 1. The van der Waals surface area contributed by atoms with Crippen molar-refractivity contribution in [3.63, 3.8) is 0 Å². The molecule has 0 atom stereocenters. The smallest absolute Gasteiger partial charge is 0.267 e. The zero-order valence-corrected chi connectivity index (χ0v) is 13.4. The predicted octanol–water partition coefficient (Wildman–Crippen LogP) is 3.07. The molecule has 0 aliphatic rings. The molecule has 0 bridgehead atoms. The lowest BCUT2D eigenvalue weighted by Crippen LogP contribution is -2.13.